The highest BCUT2D eigenvalue weighted by atomic mass is 16.2. The summed E-state index contributed by atoms with van der Waals surface area (Å²) in [6.45, 7) is 4.69. The van der Waals surface area contributed by atoms with Gasteiger partial charge in [-0.25, -0.2) is 0 Å². The summed E-state index contributed by atoms with van der Waals surface area (Å²) in [7, 11) is 3.28. The summed E-state index contributed by atoms with van der Waals surface area (Å²) < 4.78 is 1.30. The van der Waals surface area contributed by atoms with Crippen LogP contribution in [0.15, 0.2) is 41.3 Å². The molecule has 2 amide bonds. The molecule has 2 aromatic rings. The van der Waals surface area contributed by atoms with Crippen molar-refractivity contribution in [1.82, 2.24) is 14.4 Å². The van der Waals surface area contributed by atoms with Crippen molar-refractivity contribution < 1.29 is 9.59 Å². The SMILES string of the molecule is Cc1ccc(C2CCCN2C(=O)c2cccn(CC(=O)N(C)C)c2=O)cc1C. The van der Waals surface area contributed by atoms with Gasteiger partial charge in [-0.1, -0.05) is 18.2 Å². The van der Waals surface area contributed by atoms with E-state index < -0.39 is 5.56 Å². The quantitative estimate of drug-likeness (QED) is 0.818. The number of likely N-dealkylation sites (tertiary alicyclic amines) is 1. The van der Waals surface area contributed by atoms with Crippen molar-refractivity contribution in [2.75, 3.05) is 20.6 Å². The molecule has 1 aliphatic rings. The smallest absolute Gasteiger partial charge is 0.263 e. The molecule has 0 radical (unpaired) electrons. The molecule has 1 aromatic carbocycles. The largest absolute Gasteiger partial charge is 0.347 e. The molecule has 6 nitrogen and oxygen atoms in total. The lowest BCUT2D eigenvalue weighted by atomic mass is 9.99. The van der Waals surface area contributed by atoms with E-state index in [0.29, 0.717) is 6.54 Å². The van der Waals surface area contributed by atoms with E-state index in [2.05, 4.69) is 32.0 Å². The summed E-state index contributed by atoms with van der Waals surface area (Å²) in [5.41, 5.74) is 3.21. The molecule has 6 heteroatoms. The first-order valence-corrected chi connectivity index (χ1v) is 9.57. The van der Waals surface area contributed by atoms with Crippen molar-refractivity contribution in [1.29, 1.82) is 0 Å². The van der Waals surface area contributed by atoms with Crippen molar-refractivity contribution in [3.63, 3.8) is 0 Å². The topological polar surface area (TPSA) is 62.6 Å². The van der Waals surface area contributed by atoms with Crippen LogP contribution in [0.1, 0.15) is 45.9 Å². The number of carbonyl (C=O) groups excluding carboxylic acids is 2. The maximum Gasteiger partial charge on any atom is 0.263 e. The summed E-state index contributed by atoms with van der Waals surface area (Å²) in [6.07, 6.45) is 3.34. The average Bonchev–Trinajstić information content (AvgIpc) is 3.14. The van der Waals surface area contributed by atoms with E-state index in [9.17, 15) is 14.4 Å². The first-order valence-electron chi connectivity index (χ1n) is 9.57. The monoisotopic (exact) mass is 381 g/mol. The fourth-order valence-corrected chi connectivity index (χ4v) is 3.59. The fourth-order valence-electron chi connectivity index (χ4n) is 3.59. The van der Waals surface area contributed by atoms with E-state index in [1.807, 2.05) is 0 Å². The van der Waals surface area contributed by atoms with Crippen LogP contribution < -0.4 is 5.56 Å². The Morgan fingerprint density at radius 3 is 2.57 bits per heavy atom. The molecule has 1 aliphatic heterocycles. The Bertz CT molecular complexity index is 962. The molecule has 28 heavy (non-hydrogen) atoms. The van der Waals surface area contributed by atoms with Gasteiger partial charge in [0.25, 0.3) is 11.5 Å². The van der Waals surface area contributed by atoms with E-state index >= 15 is 0 Å². The minimum atomic E-state index is -0.423. The van der Waals surface area contributed by atoms with Crippen LogP contribution in [0, 0.1) is 13.8 Å². The molecule has 1 unspecified atom stereocenters. The van der Waals surface area contributed by atoms with Gasteiger partial charge in [-0.15, -0.1) is 0 Å². The van der Waals surface area contributed by atoms with Crippen LogP contribution in [0.3, 0.4) is 0 Å². The van der Waals surface area contributed by atoms with Gasteiger partial charge in [0.15, 0.2) is 0 Å². The number of likely N-dealkylation sites (N-methyl/N-ethyl adjacent to an activating group) is 1. The molecule has 1 aromatic heterocycles. The van der Waals surface area contributed by atoms with Gasteiger partial charge in [0.2, 0.25) is 5.91 Å². The third-order valence-electron chi connectivity index (χ3n) is 5.48. The number of hydrogen-bond acceptors (Lipinski definition) is 3. The maximum atomic E-state index is 13.2. The zero-order valence-corrected chi connectivity index (χ0v) is 16.9. The second-order valence-electron chi connectivity index (χ2n) is 7.64. The zero-order chi connectivity index (χ0) is 20.4. The van der Waals surface area contributed by atoms with Crippen molar-refractivity contribution in [2.45, 2.75) is 39.3 Å². The highest BCUT2D eigenvalue weighted by Crippen LogP contribution is 2.33. The van der Waals surface area contributed by atoms with Crippen LogP contribution in [-0.2, 0) is 11.3 Å². The van der Waals surface area contributed by atoms with E-state index in [0.717, 1.165) is 18.4 Å². The Labute approximate surface area is 165 Å². The van der Waals surface area contributed by atoms with Crippen LogP contribution in [0.4, 0.5) is 0 Å². The lowest BCUT2D eigenvalue weighted by molar-refractivity contribution is -0.129. The second kappa shape index (κ2) is 8.00. The molecule has 3 rings (SSSR count). The molecule has 0 spiro atoms. The van der Waals surface area contributed by atoms with Gasteiger partial charge in [0.1, 0.15) is 12.1 Å². The van der Waals surface area contributed by atoms with E-state index in [1.165, 1.54) is 20.6 Å². The van der Waals surface area contributed by atoms with Gasteiger partial charge in [-0.05, 0) is 55.5 Å². The number of pyridine rings is 1. The Morgan fingerprint density at radius 2 is 1.89 bits per heavy atom. The molecular weight excluding hydrogens is 354 g/mol. The van der Waals surface area contributed by atoms with Crippen LogP contribution in [0.2, 0.25) is 0 Å². The number of aryl methyl sites for hydroxylation is 2. The number of aromatic nitrogens is 1. The van der Waals surface area contributed by atoms with Gasteiger partial charge in [-0.3, -0.25) is 14.4 Å². The molecule has 1 atom stereocenters. The van der Waals surface area contributed by atoms with Gasteiger partial charge in [0.05, 0.1) is 6.04 Å². The van der Waals surface area contributed by atoms with Crippen LogP contribution in [0.5, 0.6) is 0 Å². The third kappa shape index (κ3) is 3.86. The van der Waals surface area contributed by atoms with Gasteiger partial charge in [0, 0.05) is 26.8 Å². The molecule has 148 valence electrons. The van der Waals surface area contributed by atoms with Crippen molar-refractivity contribution >= 4 is 11.8 Å². The van der Waals surface area contributed by atoms with Crippen molar-refractivity contribution in [3.8, 4) is 0 Å². The fraction of sp³-hybridized carbons (Fsp3) is 0.409. The first-order chi connectivity index (χ1) is 13.3. The summed E-state index contributed by atoms with van der Waals surface area (Å²) in [4.78, 5) is 41.2. The molecule has 1 fully saturated rings. The Hall–Kier alpha value is -2.89. The number of hydrogen-bond donors (Lipinski definition) is 0. The number of rotatable bonds is 4. The summed E-state index contributed by atoms with van der Waals surface area (Å²) in [5, 5.41) is 0. The van der Waals surface area contributed by atoms with E-state index in [4.69, 9.17) is 0 Å². The minimum absolute atomic E-state index is 0.0248. The van der Waals surface area contributed by atoms with Gasteiger partial charge in [-0.2, -0.15) is 0 Å². The zero-order valence-electron chi connectivity index (χ0n) is 16.9. The summed E-state index contributed by atoms with van der Waals surface area (Å²) in [5.74, 6) is -0.460. The molecule has 0 N–H and O–H groups in total. The Balaban J connectivity index is 1.89. The minimum Gasteiger partial charge on any atom is -0.347 e. The van der Waals surface area contributed by atoms with Crippen molar-refractivity contribution in [2.24, 2.45) is 0 Å². The molecule has 0 saturated carbocycles. The third-order valence-corrected chi connectivity index (χ3v) is 5.48. The lowest BCUT2D eigenvalue weighted by Crippen LogP contribution is -2.38. The normalized spacial score (nSPS) is 16.3. The lowest BCUT2D eigenvalue weighted by Gasteiger charge is -2.25. The van der Waals surface area contributed by atoms with Crippen molar-refractivity contribution in [3.05, 3.63) is 69.1 Å². The van der Waals surface area contributed by atoms with E-state index in [1.54, 1.807) is 37.3 Å². The average molecular weight is 381 g/mol. The predicted octanol–water partition coefficient (Wildman–Crippen LogP) is 2.53. The number of amides is 2. The second-order valence-corrected chi connectivity index (χ2v) is 7.64. The van der Waals surface area contributed by atoms with Crippen LogP contribution >= 0.6 is 0 Å². The van der Waals surface area contributed by atoms with Crippen LogP contribution in [-0.4, -0.2) is 46.8 Å². The highest BCUT2D eigenvalue weighted by Gasteiger charge is 2.32. The molecule has 1 saturated heterocycles. The predicted molar refractivity (Wildman–Crippen MR) is 108 cm³/mol. The summed E-state index contributed by atoms with van der Waals surface area (Å²) in [6, 6.07) is 9.45. The molecule has 0 aliphatic carbocycles. The standard InChI is InChI=1S/C22H27N3O3/c1-15-9-10-17(13-16(15)2)19-8-6-12-25(19)22(28)18-7-5-11-24(21(18)27)14-20(26)23(3)4/h5,7,9-11,13,19H,6,8,12,14H2,1-4H3. The molecular formula is C22H27N3O3. The van der Waals surface area contributed by atoms with E-state index in [-0.39, 0.29) is 30.0 Å². The van der Waals surface area contributed by atoms with Crippen LogP contribution in [0.25, 0.3) is 0 Å². The highest BCUT2D eigenvalue weighted by molar-refractivity contribution is 5.94. The number of carbonyl (C=O) groups is 2. The molecule has 0 bridgehead atoms. The first kappa shape index (κ1) is 19.9. The maximum absolute atomic E-state index is 13.2. The molecule has 2 heterocycles. The van der Waals surface area contributed by atoms with Gasteiger partial charge >= 0.3 is 0 Å². The number of nitrogens with zero attached hydrogens (tertiary/aromatic N) is 3. The Kier molecular flexibility index (Phi) is 5.68. The summed E-state index contributed by atoms with van der Waals surface area (Å²) >= 11 is 0. The van der Waals surface area contributed by atoms with Gasteiger partial charge < -0.3 is 14.4 Å². The Morgan fingerprint density at radius 1 is 1.14 bits per heavy atom. The number of benzene rings is 1.